The number of aromatic nitrogens is 3. The van der Waals surface area contributed by atoms with Crippen LogP contribution >= 0.6 is 0 Å². The molecule has 0 atom stereocenters. The number of benzene rings is 1. The van der Waals surface area contributed by atoms with Crippen LogP contribution in [0.25, 0.3) is 11.4 Å². The maximum Gasteiger partial charge on any atom is 0.163 e. The van der Waals surface area contributed by atoms with E-state index in [2.05, 4.69) is 10.1 Å². The molecule has 0 unspecified atom stereocenters. The lowest BCUT2D eigenvalue weighted by Gasteiger charge is -2.18. The van der Waals surface area contributed by atoms with Crippen molar-refractivity contribution in [1.82, 2.24) is 14.8 Å². The summed E-state index contributed by atoms with van der Waals surface area (Å²) in [6.07, 6.45) is 5.98. The molecule has 1 aliphatic rings. The van der Waals surface area contributed by atoms with Crippen LogP contribution in [0, 0.1) is 5.82 Å². The van der Waals surface area contributed by atoms with Crippen molar-refractivity contribution in [3.05, 3.63) is 29.8 Å². The van der Waals surface area contributed by atoms with Crippen LogP contribution in [0.4, 0.5) is 10.1 Å². The summed E-state index contributed by atoms with van der Waals surface area (Å²) in [6.45, 7) is 0. The van der Waals surface area contributed by atoms with Gasteiger partial charge in [-0.1, -0.05) is 25.3 Å². The highest BCUT2D eigenvalue weighted by molar-refractivity contribution is 5.72. The molecule has 2 aromatic rings. The monoisotopic (exact) mass is 274 g/mol. The predicted octanol–water partition coefficient (Wildman–Crippen LogP) is 3.25. The number of hydrogen-bond donors (Lipinski definition) is 1. The second kappa shape index (κ2) is 5.23. The molecule has 1 aromatic carbocycles. The molecule has 0 aliphatic heterocycles. The third kappa shape index (κ3) is 2.28. The summed E-state index contributed by atoms with van der Waals surface area (Å²) in [5.41, 5.74) is 6.64. The normalized spacial score (nSPS) is 16.5. The Morgan fingerprint density at radius 3 is 2.70 bits per heavy atom. The Bertz CT molecular complexity index is 594. The molecule has 1 fully saturated rings. The minimum Gasteiger partial charge on any atom is -0.398 e. The molecule has 106 valence electrons. The SMILES string of the molecule is Cn1nc(C2CCCCC2)nc1-c1c(N)cccc1F. The van der Waals surface area contributed by atoms with Crippen molar-refractivity contribution in [2.45, 2.75) is 38.0 Å². The van der Waals surface area contributed by atoms with Gasteiger partial charge in [-0.15, -0.1) is 0 Å². The van der Waals surface area contributed by atoms with E-state index in [-0.39, 0.29) is 5.82 Å². The van der Waals surface area contributed by atoms with Gasteiger partial charge in [-0.2, -0.15) is 5.10 Å². The fraction of sp³-hybridized carbons (Fsp3) is 0.467. The summed E-state index contributed by atoms with van der Waals surface area (Å²) in [5.74, 6) is 1.39. The summed E-state index contributed by atoms with van der Waals surface area (Å²) in [4.78, 5) is 4.56. The van der Waals surface area contributed by atoms with Crippen molar-refractivity contribution in [3.8, 4) is 11.4 Å². The summed E-state index contributed by atoms with van der Waals surface area (Å²) >= 11 is 0. The third-order valence-corrected chi connectivity index (χ3v) is 4.02. The zero-order chi connectivity index (χ0) is 14.1. The van der Waals surface area contributed by atoms with Gasteiger partial charge in [-0.3, -0.25) is 0 Å². The average Bonchev–Trinajstić information content (AvgIpc) is 2.82. The number of halogens is 1. The minimum atomic E-state index is -0.351. The second-order valence-corrected chi connectivity index (χ2v) is 5.46. The molecule has 0 saturated heterocycles. The molecule has 0 spiro atoms. The topological polar surface area (TPSA) is 56.7 Å². The molecule has 0 amide bonds. The number of rotatable bonds is 2. The van der Waals surface area contributed by atoms with Crippen molar-refractivity contribution in [3.63, 3.8) is 0 Å². The quantitative estimate of drug-likeness (QED) is 0.855. The van der Waals surface area contributed by atoms with E-state index in [9.17, 15) is 4.39 Å². The molecule has 1 aromatic heterocycles. The first-order valence-electron chi connectivity index (χ1n) is 7.12. The molecule has 2 N–H and O–H groups in total. The van der Waals surface area contributed by atoms with Gasteiger partial charge in [-0.25, -0.2) is 14.1 Å². The van der Waals surface area contributed by atoms with Crippen molar-refractivity contribution in [1.29, 1.82) is 0 Å². The number of hydrogen-bond acceptors (Lipinski definition) is 3. The number of anilines is 1. The number of nitrogen functional groups attached to an aromatic ring is 1. The van der Waals surface area contributed by atoms with Gasteiger partial charge in [0, 0.05) is 18.7 Å². The van der Waals surface area contributed by atoms with E-state index in [0.717, 1.165) is 18.7 Å². The lowest BCUT2D eigenvalue weighted by molar-refractivity contribution is 0.427. The molecule has 1 heterocycles. The van der Waals surface area contributed by atoms with Crippen LogP contribution in [0.2, 0.25) is 0 Å². The Kier molecular flexibility index (Phi) is 3.42. The molecular weight excluding hydrogens is 255 g/mol. The van der Waals surface area contributed by atoms with E-state index in [0.29, 0.717) is 23.0 Å². The van der Waals surface area contributed by atoms with Crippen molar-refractivity contribution in [2.24, 2.45) is 7.05 Å². The van der Waals surface area contributed by atoms with Crippen LogP contribution in [0.1, 0.15) is 43.8 Å². The summed E-state index contributed by atoms with van der Waals surface area (Å²) in [6, 6.07) is 4.70. The first-order valence-corrected chi connectivity index (χ1v) is 7.12. The molecule has 0 bridgehead atoms. The van der Waals surface area contributed by atoms with Crippen molar-refractivity contribution >= 4 is 5.69 Å². The van der Waals surface area contributed by atoms with Gasteiger partial charge in [0.15, 0.2) is 11.6 Å². The Labute approximate surface area is 117 Å². The van der Waals surface area contributed by atoms with E-state index in [1.54, 1.807) is 23.9 Å². The average molecular weight is 274 g/mol. The first kappa shape index (κ1) is 13.1. The Morgan fingerprint density at radius 2 is 2.00 bits per heavy atom. The highest BCUT2D eigenvalue weighted by Gasteiger charge is 2.23. The van der Waals surface area contributed by atoms with Crippen LogP contribution in [0.3, 0.4) is 0 Å². The molecule has 0 radical (unpaired) electrons. The molecule has 4 nitrogen and oxygen atoms in total. The summed E-state index contributed by atoms with van der Waals surface area (Å²) in [5, 5.41) is 4.48. The molecule has 5 heteroatoms. The molecule has 1 saturated carbocycles. The highest BCUT2D eigenvalue weighted by Crippen LogP contribution is 2.33. The van der Waals surface area contributed by atoms with Gasteiger partial charge in [0.1, 0.15) is 5.82 Å². The first-order chi connectivity index (χ1) is 9.66. The number of nitrogens with two attached hydrogens (primary N) is 1. The van der Waals surface area contributed by atoms with E-state index in [1.165, 1.54) is 25.3 Å². The van der Waals surface area contributed by atoms with Crippen LogP contribution in [-0.2, 0) is 7.05 Å². The van der Waals surface area contributed by atoms with Crippen LogP contribution < -0.4 is 5.73 Å². The molecular formula is C15H19FN4. The van der Waals surface area contributed by atoms with E-state index >= 15 is 0 Å². The van der Waals surface area contributed by atoms with E-state index in [4.69, 9.17) is 5.73 Å². The minimum absolute atomic E-state index is 0.351. The van der Waals surface area contributed by atoms with Gasteiger partial charge in [0.05, 0.1) is 5.56 Å². The maximum absolute atomic E-state index is 14.0. The Hall–Kier alpha value is -1.91. The highest BCUT2D eigenvalue weighted by atomic mass is 19.1. The van der Waals surface area contributed by atoms with E-state index in [1.807, 2.05) is 0 Å². The van der Waals surface area contributed by atoms with Gasteiger partial charge in [0.25, 0.3) is 0 Å². The largest absolute Gasteiger partial charge is 0.398 e. The summed E-state index contributed by atoms with van der Waals surface area (Å²) < 4.78 is 15.6. The molecule has 20 heavy (non-hydrogen) atoms. The lowest BCUT2D eigenvalue weighted by Crippen LogP contribution is -2.06. The van der Waals surface area contributed by atoms with Gasteiger partial charge in [0.2, 0.25) is 0 Å². The van der Waals surface area contributed by atoms with Crippen LogP contribution in [0.15, 0.2) is 18.2 Å². The fourth-order valence-electron chi connectivity index (χ4n) is 2.93. The number of nitrogens with zero attached hydrogens (tertiary/aromatic N) is 3. The summed E-state index contributed by atoms with van der Waals surface area (Å²) in [7, 11) is 1.79. The Morgan fingerprint density at radius 1 is 1.25 bits per heavy atom. The predicted molar refractivity (Wildman–Crippen MR) is 76.6 cm³/mol. The smallest absolute Gasteiger partial charge is 0.163 e. The fourth-order valence-corrected chi connectivity index (χ4v) is 2.93. The van der Waals surface area contributed by atoms with E-state index < -0.39 is 0 Å². The van der Waals surface area contributed by atoms with Gasteiger partial charge >= 0.3 is 0 Å². The number of aryl methyl sites for hydroxylation is 1. The maximum atomic E-state index is 14.0. The van der Waals surface area contributed by atoms with Crippen molar-refractivity contribution < 1.29 is 4.39 Å². The zero-order valence-corrected chi connectivity index (χ0v) is 11.6. The lowest BCUT2D eigenvalue weighted by atomic mass is 9.89. The van der Waals surface area contributed by atoms with Crippen LogP contribution in [0.5, 0.6) is 0 Å². The molecule has 1 aliphatic carbocycles. The van der Waals surface area contributed by atoms with Gasteiger partial charge in [-0.05, 0) is 25.0 Å². The zero-order valence-electron chi connectivity index (χ0n) is 11.6. The van der Waals surface area contributed by atoms with Crippen molar-refractivity contribution in [2.75, 3.05) is 5.73 Å². The third-order valence-electron chi connectivity index (χ3n) is 4.02. The second-order valence-electron chi connectivity index (χ2n) is 5.46. The van der Waals surface area contributed by atoms with Gasteiger partial charge < -0.3 is 5.73 Å². The Balaban J connectivity index is 2.00. The van der Waals surface area contributed by atoms with Crippen LogP contribution in [-0.4, -0.2) is 14.8 Å². The standard InChI is InChI=1S/C15H19FN4/c1-20-15(13-11(16)8-5-9-12(13)17)18-14(19-20)10-6-3-2-4-7-10/h5,8-10H,2-4,6-7,17H2,1H3. The molecule has 3 rings (SSSR count).